The van der Waals surface area contributed by atoms with Gasteiger partial charge in [-0.15, -0.1) is 24.8 Å². The molecule has 112 valence electrons. The minimum absolute atomic E-state index is 0. The van der Waals surface area contributed by atoms with Gasteiger partial charge in [-0.3, -0.25) is 0 Å². The number of rotatable bonds is 6. The fraction of sp³-hybridized carbons (Fsp3) is 0.727. The van der Waals surface area contributed by atoms with Crippen LogP contribution in [0.1, 0.15) is 6.42 Å². The van der Waals surface area contributed by atoms with Gasteiger partial charge in [0, 0.05) is 44.8 Å². The lowest BCUT2D eigenvalue weighted by Crippen LogP contribution is -2.42. The van der Waals surface area contributed by atoms with E-state index in [9.17, 15) is 5.11 Å². The van der Waals surface area contributed by atoms with Gasteiger partial charge >= 0.3 is 0 Å². The third-order valence-corrected chi connectivity index (χ3v) is 4.02. The Morgan fingerprint density at radius 1 is 1.58 bits per heavy atom. The number of imidazole rings is 1. The maximum atomic E-state index is 10.1. The highest BCUT2D eigenvalue weighted by Crippen LogP contribution is 2.14. The quantitative estimate of drug-likeness (QED) is 0.529. The van der Waals surface area contributed by atoms with Crippen molar-refractivity contribution in [1.29, 1.82) is 0 Å². The highest BCUT2D eigenvalue weighted by Gasteiger charge is 2.30. The molecule has 19 heavy (non-hydrogen) atoms. The van der Waals surface area contributed by atoms with Crippen LogP contribution in [-0.2, 0) is 7.05 Å². The number of aryl methyl sites for hydroxylation is 1. The highest BCUT2D eigenvalue weighted by atomic mass is 35.5. The summed E-state index contributed by atoms with van der Waals surface area (Å²) in [5, 5.41) is 17.6. The van der Waals surface area contributed by atoms with Crippen molar-refractivity contribution in [2.24, 2.45) is 7.05 Å². The second-order valence-corrected chi connectivity index (χ2v) is 5.56. The van der Waals surface area contributed by atoms with Crippen LogP contribution >= 0.6 is 36.6 Å². The van der Waals surface area contributed by atoms with Gasteiger partial charge in [-0.25, -0.2) is 4.98 Å². The van der Waals surface area contributed by atoms with Gasteiger partial charge in [0.25, 0.3) is 0 Å². The van der Waals surface area contributed by atoms with Crippen LogP contribution in [0.3, 0.4) is 0 Å². The third-order valence-electron chi connectivity index (χ3n) is 2.96. The predicted molar refractivity (Wildman–Crippen MR) is 83.7 cm³/mol. The molecule has 0 saturated carbocycles. The first-order chi connectivity index (χ1) is 8.20. The number of nitrogens with zero attached hydrogens (tertiary/aromatic N) is 2. The smallest absolute Gasteiger partial charge is 0.167 e. The normalized spacial score (nSPS) is 21.8. The molecule has 1 fully saturated rings. The first-order valence-corrected chi connectivity index (χ1v) is 6.92. The molecule has 2 rings (SSSR count). The maximum Gasteiger partial charge on any atom is 0.167 e. The van der Waals surface area contributed by atoms with E-state index in [4.69, 9.17) is 0 Å². The number of hydrogen-bond donors (Lipinski definition) is 3. The van der Waals surface area contributed by atoms with Crippen LogP contribution in [0.2, 0.25) is 0 Å². The van der Waals surface area contributed by atoms with Crippen molar-refractivity contribution in [1.82, 2.24) is 20.2 Å². The Balaban J connectivity index is 0.00000162. The monoisotopic (exact) mass is 328 g/mol. The summed E-state index contributed by atoms with van der Waals surface area (Å²) in [6.45, 7) is 3.17. The van der Waals surface area contributed by atoms with Gasteiger partial charge in [-0.05, 0) is 13.0 Å². The molecule has 1 atom stereocenters. The van der Waals surface area contributed by atoms with Crippen LogP contribution in [0.4, 0.5) is 0 Å². The Morgan fingerprint density at radius 3 is 2.95 bits per heavy atom. The lowest BCUT2D eigenvalue weighted by molar-refractivity contribution is 0.0619. The number of hydrogen-bond acceptors (Lipinski definition) is 5. The molecule has 2 heterocycles. The molecule has 0 bridgehead atoms. The molecule has 0 aliphatic carbocycles. The van der Waals surface area contributed by atoms with E-state index >= 15 is 0 Å². The molecule has 1 aliphatic rings. The van der Waals surface area contributed by atoms with Gasteiger partial charge in [0.1, 0.15) is 0 Å². The maximum absolute atomic E-state index is 10.1. The first-order valence-electron chi connectivity index (χ1n) is 5.94. The number of thioether (sulfide) groups is 1. The average molecular weight is 329 g/mol. The molecule has 0 radical (unpaired) electrons. The van der Waals surface area contributed by atoms with E-state index in [1.807, 2.05) is 24.0 Å². The number of nitrogens with one attached hydrogen (secondary N) is 2. The number of halogens is 2. The fourth-order valence-electron chi connectivity index (χ4n) is 1.91. The van der Waals surface area contributed by atoms with Crippen molar-refractivity contribution >= 4 is 36.6 Å². The van der Waals surface area contributed by atoms with E-state index in [0.717, 1.165) is 30.4 Å². The Hall–Kier alpha value is 0.0200. The Bertz CT molecular complexity index is 358. The average Bonchev–Trinajstić information content (AvgIpc) is 2.89. The molecule has 0 aromatic carbocycles. The van der Waals surface area contributed by atoms with E-state index in [0.29, 0.717) is 13.1 Å². The molecule has 3 N–H and O–H groups in total. The summed E-state index contributed by atoms with van der Waals surface area (Å²) in [5.74, 6) is 0.967. The molecular weight excluding hydrogens is 307 g/mol. The van der Waals surface area contributed by atoms with Crippen molar-refractivity contribution in [3.8, 4) is 0 Å². The second kappa shape index (κ2) is 9.05. The van der Waals surface area contributed by atoms with Gasteiger partial charge in [0.15, 0.2) is 5.16 Å². The number of aliphatic hydroxyl groups is 1. The summed E-state index contributed by atoms with van der Waals surface area (Å²) >= 11 is 1.73. The van der Waals surface area contributed by atoms with Crippen LogP contribution in [-0.4, -0.2) is 52.2 Å². The summed E-state index contributed by atoms with van der Waals surface area (Å²) in [6, 6.07) is 0. The Labute approximate surface area is 130 Å². The molecule has 1 aliphatic heterocycles. The third kappa shape index (κ3) is 5.89. The zero-order chi connectivity index (χ0) is 12.1. The van der Waals surface area contributed by atoms with Crippen molar-refractivity contribution in [3.63, 3.8) is 0 Å². The van der Waals surface area contributed by atoms with E-state index in [1.54, 1.807) is 11.8 Å². The van der Waals surface area contributed by atoms with Gasteiger partial charge in [0.2, 0.25) is 0 Å². The van der Waals surface area contributed by atoms with Crippen molar-refractivity contribution in [3.05, 3.63) is 12.4 Å². The zero-order valence-electron chi connectivity index (χ0n) is 11.0. The molecule has 1 saturated heterocycles. The molecule has 1 aromatic heterocycles. The summed E-state index contributed by atoms with van der Waals surface area (Å²) in [6.07, 6.45) is 4.60. The SMILES string of the molecule is Cl.Cl.Cn1ccnc1SCCNCC1(O)CCNC1. The van der Waals surface area contributed by atoms with E-state index in [-0.39, 0.29) is 24.8 Å². The lowest BCUT2D eigenvalue weighted by Gasteiger charge is -2.21. The van der Waals surface area contributed by atoms with Crippen LogP contribution in [0, 0.1) is 0 Å². The Morgan fingerprint density at radius 2 is 2.37 bits per heavy atom. The largest absolute Gasteiger partial charge is 0.387 e. The molecule has 0 spiro atoms. The summed E-state index contributed by atoms with van der Waals surface area (Å²) < 4.78 is 2.01. The second-order valence-electron chi connectivity index (χ2n) is 4.50. The van der Waals surface area contributed by atoms with Crippen molar-refractivity contribution in [2.75, 3.05) is 31.9 Å². The molecule has 1 unspecified atom stereocenters. The van der Waals surface area contributed by atoms with Gasteiger partial charge in [0.05, 0.1) is 5.60 Å². The fourth-order valence-corrected chi connectivity index (χ4v) is 2.74. The van der Waals surface area contributed by atoms with Gasteiger partial charge in [-0.1, -0.05) is 11.8 Å². The van der Waals surface area contributed by atoms with Gasteiger partial charge in [-0.2, -0.15) is 0 Å². The minimum atomic E-state index is -0.548. The Kier molecular flexibility index (Phi) is 9.06. The van der Waals surface area contributed by atoms with Crippen LogP contribution in [0.25, 0.3) is 0 Å². The van der Waals surface area contributed by atoms with Crippen LogP contribution < -0.4 is 10.6 Å². The first kappa shape index (κ1) is 19.0. The highest BCUT2D eigenvalue weighted by molar-refractivity contribution is 7.99. The molecule has 5 nitrogen and oxygen atoms in total. The lowest BCUT2D eigenvalue weighted by atomic mass is 10.0. The number of β-amino-alcohol motifs (C(OH)–C–C–N with tert-alkyl or cyclic N) is 1. The summed E-state index contributed by atoms with van der Waals surface area (Å²) in [7, 11) is 2.00. The molecule has 0 amide bonds. The topological polar surface area (TPSA) is 62.1 Å². The van der Waals surface area contributed by atoms with E-state index < -0.39 is 5.60 Å². The van der Waals surface area contributed by atoms with Gasteiger partial charge < -0.3 is 20.3 Å². The van der Waals surface area contributed by atoms with E-state index in [2.05, 4.69) is 15.6 Å². The molecular formula is C11H22Cl2N4OS. The van der Waals surface area contributed by atoms with E-state index in [1.165, 1.54) is 0 Å². The zero-order valence-corrected chi connectivity index (χ0v) is 13.4. The minimum Gasteiger partial charge on any atom is -0.387 e. The van der Waals surface area contributed by atoms with Crippen LogP contribution in [0.5, 0.6) is 0 Å². The van der Waals surface area contributed by atoms with Crippen LogP contribution in [0.15, 0.2) is 17.6 Å². The molecule has 8 heteroatoms. The summed E-state index contributed by atoms with van der Waals surface area (Å²) in [4.78, 5) is 4.24. The standard InChI is InChI=1S/C11H20N4OS.2ClH/c1-15-6-4-14-10(15)17-7-5-13-9-11(16)2-3-12-8-11;;/h4,6,12-13,16H,2-3,5,7-9H2,1H3;2*1H. The van der Waals surface area contributed by atoms with Crippen molar-refractivity contribution in [2.45, 2.75) is 17.2 Å². The number of aromatic nitrogens is 2. The molecule has 1 aromatic rings. The van der Waals surface area contributed by atoms with Crippen molar-refractivity contribution < 1.29 is 5.11 Å². The predicted octanol–water partition coefficient (Wildman–Crippen LogP) is 0.670. The summed E-state index contributed by atoms with van der Waals surface area (Å²) in [5.41, 5.74) is -0.548.